The number of nitro groups is 1. The van der Waals surface area contributed by atoms with Gasteiger partial charge in [-0.05, 0) is 18.6 Å². The summed E-state index contributed by atoms with van der Waals surface area (Å²) in [6.07, 6.45) is 3.26. The molecule has 0 unspecified atom stereocenters. The minimum absolute atomic E-state index is 0.00822. The molecule has 0 radical (unpaired) electrons. The molecule has 1 aliphatic rings. The molecule has 144 valence electrons. The molecule has 1 aromatic carbocycles. The Morgan fingerprint density at radius 3 is 2.56 bits per heavy atom. The number of nitro benzene ring substituents is 1. The number of likely N-dealkylation sites (N-methyl/N-ethyl adjacent to an activating group) is 1. The molecular formula is C18H25N6O3+. The van der Waals surface area contributed by atoms with E-state index in [1.54, 1.807) is 18.3 Å². The summed E-state index contributed by atoms with van der Waals surface area (Å²) < 4.78 is 1.42. The van der Waals surface area contributed by atoms with Crippen LogP contribution >= 0.6 is 0 Å². The number of nitrogens with zero attached hydrogens (tertiary/aromatic N) is 4. The lowest BCUT2D eigenvalue weighted by Crippen LogP contribution is -3.11. The van der Waals surface area contributed by atoms with Crippen molar-refractivity contribution in [3.05, 3.63) is 56.0 Å². The van der Waals surface area contributed by atoms with Gasteiger partial charge in [0.25, 0.3) is 11.2 Å². The Labute approximate surface area is 157 Å². The van der Waals surface area contributed by atoms with Crippen LogP contribution in [0, 0.1) is 10.1 Å². The zero-order valence-corrected chi connectivity index (χ0v) is 15.6. The van der Waals surface area contributed by atoms with Gasteiger partial charge in [0, 0.05) is 17.8 Å². The number of non-ortho nitro benzene ring substituents is 1. The first-order chi connectivity index (χ1) is 13.0. The number of nitrogens with one attached hydrogen (secondary N) is 2. The number of piperazine rings is 1. The number of aromatic nitrogens is 2. The SMILES string of the molecule is CCCc1[nH]n(-c2ccc([N+](=O)[O-])cc2)c(=O)c1/C=N/N1CC[NH+](C)CC1. The number of aryl methyl sites for hydroxylation is 1. The van der Waals surface area contributed by atoms with Crippen LogP contribution in [0.3, 0.4) is 0 Å². The van der Waals surface area contributed by atoms with Crippen molar-refractivity contribution in [1.29, 1.82) is 0 Å². The van der Waals surface area contributed by atoms with Gasteiger partial charge in [-0.3, -0.25) is 25.0 Å². The monoisotopic (exact) mass is 373 g/mol. The van der Waals surface area contributed by atoms with E-state index in [9.17, 15) is 14.9 Å². The Bertz CT molecular complexity index is 875. The molecule has 0 spiro atoms. The molecule has 1 saturated heterocycles. The topological polar surface area (TPSA) is 101 Å². The van der Waals surface area contributed by atoms with Gasteiger partial charge in [-0.2, -0.15) is 5.10 Å². The normalized spacial score (nSPS) is 15.6. The van der Waals surface area contributed by atoms with Crippen LogP contribution in [0.4, 0.5) is 5.69 Å². The van der Waals surface area contributed by atoms with E-state index in [-0.39, 0.29) is 11.2 Å². The molecule has 2 aromatic rings. The molecule has 2 N–H and O–H groups in total. The molecule has 9 nitrogen and oxygen atoms in total. The Hall–Kier alpha value is -2.94. The maximum Gasteiger partial charge on any atom is 0.280 e. The third-order valence-electron chi connectivity index (χ3n) is 4.77. The molecule has 1 fully saturated rings. The van der Waals surface area contributed by atoms with E-state index >= 15 is 0 Å². The van der Waals surface area contributed by atoms with Gasteiger partial charge in [0.15, 0.2) is 0 Å². The predicted molar refractivity (Wildman–Crippen MR) is 103 cm³/mol. The summed E-state index contributed by atoms with van der Waals surface area (Å²) >= 11 is 0. The zero-order chi connectivity index (χ0) is 19.4. The Morgan fingerprint density at radius 2 is 1.96 bits per heavy atom. The van der Waals surface area contributed by atoms with Crippen molar-refractivity contribution in [2.24, 2.45) is 5.10 Å². The highest BCUT2D eigenvalue weighted by atomic mass is 16.6. The zero-order valence-electron chi connectivity index (χ0n) is 15.6. The summed E-state index contributed by atoms with van der Waals surface area (Å²) in [6, 6.07) is 5.91. The first-order valence-electron chi connectivity index (χ1n) is 9.18. The Morgan fingerprint density at radius 1 is 1.30 bits per heavy atom. The molecule has 1 aliphatic heterocycles. The van der Waals surface area contributed by atoms with E-state index in [1.807, 2.05) is 11.9 Å². The highest BCUT2D eigenvalue weighted by molar-refractivity contribution is 5.80. The minimum Gasteiger partial charge on any atom is -0.334 e. The van der Waals surface area contributed by atoms with Gasteiger partial charge in [-0.15, -0.1) is 0 Å². The fourth-order valence-corrected chi connectivity index (χ4v) is 3.11. The van der Waals surface area contributed by atoms with Crippen LogP contribution < -0.4 is 10.5 Å². The number of H-pyrrole nitrogens is 1. The quantitative estimate of drug-likeness (QED) is 0.429. The molecule has 2 heterocycles. The van der Waals surface area contributed by atoms with Crippen LogP contribution in [0.2, 0.25) is 0 Å². The maximum absolute atomic E-state index is 12.9. The van der Waals surface area contributed by atoms with E-state index in [4.69, 9.17) is 0 Å². The van der Waals surface area contributed by atoms with Crippen molar-refractivity contribution in [2.75, 3.05) is 33.2 Å². The van der Waals surface area contributed by atoms with Crippen LogP contribution in [0.25, 0.3) is 5.69 Å². The average molecular weight is 373 g/mol. The Balaban J connectivity index is 1.89. The largest absolute Gasteiger partial charge is 0.334 e. The highest BCUT2D eigenvalue weighted by Gasteiger charge is 2.17. The molecule has 0 saturated carbocycles. The van der Waals surface area contributed by atoms with Crippen molar-refractivity contribution in [1.82, 2.24) is 14.8 Å². The molecule has 9 heteroatoms. The second kappa shape index (κ2) is 8.17. The maximum atomic E-state index is 12.9. The second-order valence-electron chi connectivity index (χ2n) is 6.82. The molecular weight excluding hydrogens is 348 g/mol. The predicted octanol–water partition coefficient (Wildman–Crippen LogP) is 0.191. The number of rotatable bonds is 6. The van der Waals surface area contributed by atoms with E-state index < -0.39 is 4.92 Å². The van der Waals surface area contributed by atoms with Crippen LogP contribution in [-0.4, -0.2) is 59.2 Å². The molecule has 0 bridgehead atoms. The summed E-state index contributed by atoms with van der Waals surface area (Å²) in [5, 5.41) is 20.5. The molecule has 0 atom stereocenters. The number of quaternary nitrogens is 1. The van der Waals surface area contributed by atoms with Crippen molar-refractivity contribution in [3.8, 4) is 5.69 Å². The van der Waals surface area contributed by atoms with Gasteiger partial charge >= 0.3 is 0 Å². The lowest BCUT2D eigenvalue weighted by atomic mass is 10.2. The van der Waals surface area contributed by atoms with E-state index in [0.717, 1.165) is 44.7 Å². The molecule has 27 heavy (non-hydrogen) atoms. The Kier molecular flexibility index (Phi) is 5.70. The summed E-state index contributed by atoms with van der Waals surface area (Å²) in [5.74, 6) is 0. The minimum atomic E-state index is -0.459. The third-order valence-corrected chi connectivity index (χ3v) is 4.77. The number of hydrogen-bond acceptors (Lipinski definition) is 5. The van der Waals surface area contributed by atoms with Crippen molar-refractivity contribution in [2.45, 2.75) is 19.8 Å². The number of benzene rings is 1. The third kappa shape index (κ3) is 4.25. The smallest absolute Gasteiger partial charge is 0.280 e. The van der Waals surface area contributed by atoms with Crippen LogP contribution in [0.1, 0.15) is 24.6 Å². The van der Waals surface area contributed by atoms with Crippen LogP contribution in [0.5, 0.6) is 0 Å². The van der Waals surface area contributed by atoms with Gasteiger partial charge in [-0.25, -0.2) is 4.68 Å². The van der Waals surface area contributed by atoms with E-state index in [1.165, 1.54) is 21.7 Å². The summed E-state index contributed by atoms with van der Waals surface area (Å²) in [4.78, 5) is 24.7. The number of hydrazone groups is 1. The van der Waals surface area contributed by atoms with Crippen LogP contribution in [0.15, 0.2) is 34.2 Å². The van der Waals surface area contributed by atoms with Gasteiger partial charge in [0.05, 0.1) is 55.6 Å². The van der Waals surface area contributed by atoms with Crippen molar-refractivity contribution in [3.63, 3.8) is 0 Å². The molecule has 0 aliphatic carbocycles. The average Bonchev–Trinajstić information content (AvgIpc) is 2.97. The second-order valence-corrected chi connectivity index (χ2v) is 6.82. The van der Waals surface area contributed by atoms with Crippen molar-refractivity contribution >= 4 is 11.9 Å². The standard InChI is InChI=1S/C18H24N6O3/c1-3-4-17-16(13-19-22-11-9-21(2)10-12-22)18(25)23(20-17)14-5-7-15(8-6-14)24(26)27/h5-8,13,20H,3-4,9-12H2,1-2H3/p+1/b19-13+. The summed E-state index contributed by atoms with van der Waals surface area (Å²) in [5.41, 5.74) is 1.72. The van der Waals surface area contributed by atoms with E-state index in [0.29, 0.717) is 11.3 Å². The van der Waals surface area contributed by atoms with Crippen molar-refractivity contribution < 1.29 is 9.82 Å². The lowest BCUT2D eigenvalue weighted by Gasteiger charge is -2.27. The number of aromatic amines is 1. The van der Waals surface area contributed by atoms with E-state index in [2.05, 4.69) is 17.2 Å². The van der Waals surface area contributed by atoms with Gasteiger partial charge < -0.3 is 4.90 Å². The summed E-state index contributed by atoms with van der Waals surface area (Å²) in [7, 11) is 2.16. The fraction of sp³-hybridized carbons (Fsp3) is 0.444. The first-order valence-corrected chi connectivity index (χ1v) is 9.18. The fourth-order valence-electron chi connectivity index (χ4n) is 3.11. The number of hydrogen-bond donors (Lipinski definition) is 2. The molecule has 0 amide bonds. The van der Waals surface area contributed by atoms with Gasteiger partial charge in [-0.1, -0.05) is 13.3 Å². The summed E-state index contributed by atoms with van der Waals surface area (Å²) in [6.45, 7) is 5.84. The lowest BCUT2D eigenvalue weighted by molar-refractivity contribution is -0.884. The van der Waals surface area contributed by atoms with Gasteiger partial charge in [0.2, 0.25) is 0 Å². The molecule has 3 rings (SSSR count). The van der Waals surface area contributed by atoms with Crippen LogP contribution in [-0.2, 0) is 6.42 Å². The van der Waals surface area contributed by atoms with Gasteiger partial charge in [0.1, 0.15) is 0 Å². The highest BCUT2D eigenvalue weighted by Crippen LogP contribution is 2.15. The first kappa shape index (κ1) is 18.8. The molecule has 1 aromatic heterocycles.